The smallest absolute Gasteiger partial charge is 0.230 e. The average Bonchev–Trinajstić information content (AvgIpc) is 3.14. The molecule has 1 heterocycles. The first-order valence-corrected chi connectivity index (χ1v) is 12.0. The van der Waals surface area contributed by atoms with Gasteiger partial charge in [-0.2, -0.15) is 0 Å². The molecule has 0 atom stereocenters. The van der Waals surface area contributed by atoms with Crippen LogP contribution in [0.2, 0.25) is 0 Å². The van der Waals surface area contributed by atoms with Crippen LogP contribution in [-0.4, -0.2) is 82.1 Å². The highest BCUT2D eigenvalue weighted by molar-refractivity contribution is 7.89. The highest BCUT2D eigenvalue weighted by Crippen LogP contribution is 2.38. The molecule has 0 aromatic carbocycles. The molecule has 2 fully saturated rings. The van der Waals surface area contributed by atoms with Crippen LogP contribution in [-0.2, 0) is 14.8 Å². The molecule has 1 amide bonds. The minimum absolute atomic E-state index is 0.183. The highest BCUT2D eigenvalue weighted by atomic mass is 32.2. The van der Waals surface area contributed by atoms with Crippen LogP contribution in [0.15, 0.2) is 4.99 Å². The Morgan fingerprint density at radius 1 is 1.21 bits per heavy atom. The van der Waals surface area contributed by atoms with Crippen LogP contribution in [0.3, 0.4) is 0 Å². The summed E-state index contributed by atoms with van der Waals surface area (Å²) in [5.74, 6) is 1.09. The van der Waals surface area contributed by atoms with Gasteiger partial charge in [0.2, 0.25) is 15.9 Å². The third-order valence-electron chi connectivity index (χ3n) is 5.89. The molecule has 2 aliphatic rings. The van der Waals surface area contributed by atoms with E-state index in [1.165, 1.54) is 0 Å². The van der Waals surface area contributed by atoms with Crippen molar-refractivity contribution < 1.29 is 13.2 Å². The maximum absolute atomic E-state index is 12.7. The Morgan fingerprint density at radius 3 is 2.32 bits per heavy atom. The van der Waals surface area contributed by atoms with Crippen LogP contribution in [0.5, 0.6) is 0 Å². The van der Waals surface area contributed by atoms with Crippen molar-refractivity contribution in [3.8, 4) is 0 Å². The van der Waals surface area contributed by atoms with Crippen molar-refractivity contribution in [1.29, 1.82) is 0 Å². The summed E-state index contributed by atoms with van der Waals surface area (Å²) in [4.78, 5) is 18.7. The monoisotopic (exact) mass is 415 g/mol. The average molecular weight is 416 g/mol. The van der Waals surface area contributed by atoms with Gasteiger partial charge in [-0.05, 0) is 32.1 Å². The number of carbonyl (C=O) groups excluding carboxylic acids is 1. The molecular weight excluding hydrogens is 378 g/mol. The zero-order valence-electron chi connectivity index (χ0n) is 17.8. The molecule has 0 spiro atoms. The zero-order chi connectivity index (χ0) is 20.8. The van der Waals surface area contributed by atoms with Gasteiger partial charge in [0.05, 0.1) is 11.2 Å². The Balaban J connectivity index is 1.87. The van der Waals surface area contributed by atoms with Crippen LogP contribution >= 0.6 is 0 Å². The van der Waals surface area contributed by atoms with Crippen molar-refractivity contribution in [2.45, 2.75) is 57.9 Å². The van der Waals surface area contributed by atoms with Gasteiger partial charge in [0.25, 0.3) is 0 Å². The summed E-state index contributed by atoms with van der Waals surface area (Å²) in [6.45, 7) is 3.55. The van der Waals surface area contributed by atoms with E-state index in [0.717, 1.165) is 38.5 Å². The topological polar surface area (TPSA) is 94.1 Å². The van der Waals surface area contributed by atoms with E-state index in [-0.39, 0.29) is 23.1 Å². The van der Waals surface area contributed by atoms with E-state index in [1.54, 1.807) is 16.3 Å². The summed E-state index contributed by atoms with van der Waals surface area (Å²) < 4.78 is 26.0. The Bertz CT molecular complexity index is 648. The molecule has 0 unspecified atom stereocenters. The first kappa shape index (κ1) is 22.9. The molecule has 0 aromatic rings. The number of nitrogens with one attached hydrogen (secondary N) is 2. The molecule has 1 saturated carbocycles. The molecule has 28 heavy (non-hydrogen) atoms. The Kier molecular flexibility index (Phi) is 8.12. The van der Waals surface area contributed by atoms with E-state index < -0.39 is 10.0 Å². The minimum atomic E-state index is -3.12. The second kappa shape index (κ2) is 9.91. The molecule has 1 saturated heterocycles. The summed E-state index contributed by atoms with van der Waals surface area (Å²) in [5.41, 5.74) is -0.348. The molecule has 2 rings (SSSR count). The predicted molar refractivity (Wildman–Crippen MR) is 113 cm³/mol. The second-order valence-corrected chi connectivity index (χ2v) is 10.3. The van der Waals surface area contributed by atoms with E-state index in [2.05, 4.69) is 15.6 Å². The van der Waals surface area contributed by atoms with Gasteiger partial charge < -0.3 is 15.5 Å². The van der Waals surface area contributed by atoms with E-state index in [9.17, 15) is 13.2 Å². The normalized spacial score (nSPS) is 21.5. The van der Waals surface area contributed by atoms with Gasteiger partial charge in [0.15, 0.2) is 5.96 Å². The van der Waals surface area contributed by atoms with E-state index >= 15 is 0 Å². The maximum atomic E-state index is 12.7. The Hall–Kier alpha value is -1.35. The summed E-state index contributed by atoms with van der Waals surface area (Å²) in [6, 6.07) is 0.184. The van der Waals surface area contributed by atoms with Crippen molar-refractivity contribution in [3.05, 3.63) is 0 Å². The van der Waals surface area contributed by atoms with Gasteiger partial charge in [-0.15, -0.1) is 0 Å². The first-order chi connectivity index (χ1) is 13.2. The first-order valence-electron chi connectivity index (χ1n) is 10.4. The second-order valence-electron chi connectivity index (χ2n) is 8.25. The molecule has 0 aromatic heterocycles. The lowest BCUT2D eigenvalue weighted by atomic mass is 9.84. The maximum Gasteiger partial charge on any atom is 0.230 e. The molecule has 2 N–H and O–H groups in total. The Labute approximate surface area is 170 Å². The van der Waals surface area contributed by atoms with Crippen molar-refractivity contribution >= 4 is 21.9 Å². The van der Waals surface area contributed by atoms with Crippen LogP contribution < -0.4 is 10.6 Å². The van der Waals surface area contributed by atoms with Crippen molar-refractivity contribution in [1.82, 2.24) is 19.8 Å². The van der Waals surface area contributed by atoms with E-state index in [4.69, 9.17) is 0 Å². The molecule has 0 radical (unpaired) electrons. The van der Waals surface area contributed by atoms with Crippen molar-refractivity contribution in [2.75, 3.05) is 46.5 Å². The van der Waals surface area contributed by atoms with Gasteiger partial charge in [0, 0.05) is 46.8 Å². The summed E-state index contributed by atoms with van der Waals surface area (Å²) in [6.07, 6.45) is 6.13. The number of amides is 1. The lowest BCUT2D eigenvalue weighted by Crippen LogP contribution is -2.53. The van der Waals surface area contributed by atoms with Crippen molar-refractivity contribution in [3.63, 3.8) is 0 Å². The number of nitrogens with zero attached hydrogens (tertiary/aromatic N) is 3. The summed E-state index contributed by atoms with van der Waals surface area (Å²) in [7, 11) is 2.24. The van der Waals surface area contributed by atoms with Crippen LogP contribution in [0.4, 0.5) is 0 Å². The molecule has 1 aliphatic carbocycles. The van der Waals surface area contributed by atoms with Gasteiger partial charge in [-0.3, -0.25) is 9.79 Å². The fraction of sp³-hybridized carbons (Fsp3) is 0.895. The molecule has 9 heteroatoms. The Morgan fingerprint density at radius 2 is 1.82 bits per heavy atom. The number of rotatable bonds is 7. The number of guanidine groups is 1. The quantitative estimate of drug-likeness (QED) is 0.478. The molecule has 162 valence electrons. The standard InChI is InChI=1S/C19H37N5O3S/c1-5-14-28(26,27)24-12-8-16(9-13-24)22-18(20-2)21-15-19(10-6-7-11-19)17(25)23(3)4/h16H,5-15H2,1-4H3,(H2,20,21,22). The SMILES string of the molecule is CCCS(=O)(=O)N1CCC(NC(=NC)NCC2(C(=O)N(C)C)CCCC2)CC1. The number of piperidine rings is 1. The number of hydrogen-bond donors (Lipinski definition) is 2. The predicted octanol–water partition coefficient (Wildman–Crippen LogP) is 1.00. The number of hydrogen-bond acceptors (Lipinski definition) is 4. The molecule has 8 nitrogen and oxygen atoms in total. The number of sulfonamides is 1. The van der Waals surface area contributed by atoms with Gasteiger partial charge >= 0.3 is 0 Å². The van der Waals surface area contributed by atoms with Gasteiger partial charge in [-0.1, -0.05) is 19.8 Å². The molecule has 1 aliphatic heterocycles. The largest absolute Gasteiger partial charge is 0.355 e. The third-order valence-corrected chi connectivity index (χ3v) is 7.96. The number of carbonyl (C=O) groups is 1. The van der Waals surface area contributed by atoms with E-state index in [0.29, 0.717) is 32.0 Å². The molecule has 0 bridgehead atoms. The van der Waals surface area contributed by atoms with Crippen molar-refractivity contribution in [2.24, 2.45) is 10.4 Å². The van der Waals surface area contributed by atoms with Crippen LogP contribution in [0, 0.1) is 5.41 Å². The van der Waals surface area contributed by atoms with Crippen LogP contribution in [0.25, 0.3) is 0 Å². The van der Waals surface area contributed by atoms with Crippen LogP contribution in [0.1, 0.15) is 51.9 Å². The lowest BCUT2D eigenvalue weighted by Gasteiger charge is -2.34. The highest BCUT2D eigenvalue weighted by Gasteiger charge is 2.42. The third kappa shape index (κ3) is 5.59. The van der Waals surface area contributed by atoms with E-state index in [1.807, 2.05) is 21.0 Å². The fourth-order valence-electron chi connectivity index (χ4n) is 4.30. The number of aliphatic imine (C=N–C) groups is 1. The summed E-state index contributed by atoms with van der Waals surface area (Å²) >= 11 is 0. The summed E-state index contributed by atoms with van der Waals surface area (Å²) in [5, 5.41) is 6.77. The molecular formula is C19H37N5O3S. The zero-order valence-corrected chi connectivity index (χ0v) is 18.6. The van der Waals surface area contributed by atoms with Gasteiger partial charge in [0.1, 0.15) is 0 Å². The fourth-order valence-corrected chi connectivity index (χ4v) is 5.84. The minimum Gasteiger partial charge on any atom is -0.355 e. The lowest BCUT2D eigenvalue weighted by molar-refractivity contribution is -0.138. The van der Waals surface area contributed by atoms with Gasteiger partial charge in [-0.25, -0.2) is 12.7 Å².